The minimum absolute atomic E-state index is 0. The van der Waals surface area contributed by atoms with Crippen molar-refractivity contribution < 1.29 is 60.5 Å². The molecule has 0 fully saturated rings. The maximum absolute atomic E-state index is 10.4. The molecule has 3 N–H and O–H groups in total. The van der Waals surface area contributed by atoms with Gasteiger partial charge in [0, 0.05) is 35.6 Å². The summed E-state index contributed by atoms with van der Waals surface area (Å²) in [6.07, 6.45) is 0. The van der Waals surface area contributed by atoms with Crippen LogP contribution in [0, 0.1) is 35.6 Å². The van der Waals surface area contributed by atoms with E-state index in [1.54, 1.807) is 0 Å². The first kappa shape index (κ1) is 13.2. The number of carboxylic acid groups (broad SMARTS) is 2. The van der Waals surface area contributed by atoms with Crippen molar-refractivity contribution in [2.75, 3.05) is 0 Å². The molecule has 0 saturated heterocycles. The summed E-state index contributed by atoms with van der Waals surface area (Å²) in [6.45, 7) is 0. The van der Waals surface area contributed by atoms with Crippen LogP contribution in [0.4, 0.5) is 0 Å². The van der Waals surface area contributed by atoms with E-state index in [0.29, 0.717) is 0 Å². The average Bonchev–Trinajstić information content (AvgIpc) is 2.03. The number of phenols is 1. The van der Waals surface area contributed by atoms with E-state index in [-0.39, 0.29) is 52.5 Å². The van der Waals surface area contributed by atoms with Gasteiger partial charge in [0.05, 0.1) is 11.1 Å². The van der Waals surface area contributed by atoms with E-state index in [1.165, 1.54) is 0 Å². The molecule has 1 rings (SSSR count). The van der Waals surface area contributed by atoms with Crippen LogP contribution in [0.2, 0.25) is 0 Å². The molecule has 0 bridgehead atoms. The molecule has 0 aliphatic carbocycles. The smallest absolute Gasteiger partial charge is 0.335 e. The molecular formula is C8H6LaO5. The third kappa shape index (κ3) is 3.14. The number of aromatic carboxylic acids is 2. The number of carboxylic acids is 2. The van der Waals surface area contributed by atoms with Gasteiger partial charge in [0.25, 0.3) is 0 Å². The quantitative estimate of drug-likeness (QED) is 0.749. The Morgan fingerprint density at radius 2 is 1.29 bits per heavy atom. The zero-order valence-electron chi connectivity index (χ0n) is 6.97. The van der Waals surface area contributed by atoms with E-state index < -0.39 is 11.9 Å². The summed E-state index contributed by atoms with van der Waals surface area (Å²) in [7, 11) is 0. The van der Waals surface area contributed by atoms with E-state index >= 15 is 0 Å². The third-order valence-corrected chi connectivity index (χ3v) is 1.41. The molecule has 1 radical (unpaired) electrons. The standard InChI is InChI=1S/C8H6O5.La/c9-6-2-4(7(10)11)1-5(3-6)8(12)13;/h1-3,9H,(H,10,11)(H,12,13);. The van der Waals surface area contributed by atoms with Crippen molar-refractivity contribution in [3.63, 3.8) is 0 Å². The van der Waals surface area contributed by atoms with Crippen molar-refractivity contribution in [3.8, 4) is 5.75 Å². The average molecular weight is 321 g/mol. The minimum Gasteiger partial charge on any atom is -0.508 e. The SMILES string of the molecule is O=C(O)c1cc(O)cc(C(=O)O)c1.[La]. The minimum atomic E-state index is -1.28. The van der Waals surface area contributed by atoms with Gasteiger partial charge < -0.3 is 15.3 Å². The molecule has 14 heavy (non-hydrogen) atoms. The Bertz CT molecular complexity index is 342. The summed E-state index contributed by atoms with van der Waals surface area (Å²) in [5.74, 6) is -2.94. The van der Waals surface area contributed by atoms with Crippen molar-refractivity contribution >= 4 is 11.9 Å². The zero-order chi connectivity index (χ0) is 10.0. The monoisotopic (exact) mass is 321 g/mol. The molecule has 0 aliphatic heterocycles. The molecule has 0 aliphatic rings. The predicted molar refractivity (Wildman–Crippen MR) is 42.0 cm³/mol. The first-order valence-corrected chi connectivity index (χ1v) is 3.31. The molecule has 6 heteroatoms. The van der Waals surface area contributed by atoms with Crippen molar-refractivity contribution in [2.45, 2.75) is 0 Å². The van der Waals surface area contributed by atoms with Crippen LogP contribution < -0.4 is 0 Å². The van der Waals surface area contributed by atoms with Gasteiger partial charge in [-0.3, -0.25) is 0 Å². The fourth-order valence-corrected chi connectivity index (χ4v) is 0.858. The van der Waals surface area contributed by atoms with E-state index in [4.69, 9.17) is 15.3 Å². The van der Waals surface area contributed by atoms with Crippen LogP contribution in [0.3, 0.4) is 0 Å². The molecule has 0 saturated carbocycles. The molecule has 0 aromatic heterocycles. The number of hydrogen-bond acceptors (Lipinski definition) is 3. The Morgan fingerprint density at radius 3 is 1.57 bits per heavy atom. The number of aromatic hydroxyl groups is 1. The summed E-state index contributed by atoms with van der Waals surface area (Å²) < 4.78 is 0. The van der Waals surface area contributed by atoms with Crippen LogP contribution in [0.1, 0.15) is 20.7 Å². The summed E-state index contributed by atoms with van der Waals surface area (Å²) in [4.78, 5) is 20.8. The van der Waals surface area contributed by atoms with Gasteiger partial charge in [0.15, 0.2) is 0 Å². The molecular weight excluding hydrogens is 315 g/mol. The fraction of sp³-hybridized carbons (Fsp3) is 0. The Kier molecular flexibility index (Phi) is 4.83. The second-order valence-corrected chi connectivity index (χ2v) is 2.38. The Labute approximate surface area is 107 Å². The van der Waals surface area contributed by atoms with Gasteiger partial charge in [0.1, 0.15) is 5.75 Å². The van der Waals surface area contributed by atoms with Crippen molar-refractivity contribution in [1.29, 1.82) is 0 Å². The van der Waals surface area contributed by atoms with Crippen LogP contribution in [-0.2, 0) is 0 Å². The van der Waals surface area contributed by atoms with Gasteiger partial charge in [-0.2, -0.15) is 0 Å². The third-order valence-electron chi connectivity index (χ3n) is 1.41. The molecule has 1 aromatic rings. The van der Waals surface area contributed by atoms with Gasteiger partial charge >= 0.3 is 11.9 Å². The van der Waals surface area contributed by atoms with Gasteiger partial charge in [-0.25, -0.2) is 9.59 Å². The molecule has 0 atom stereocenters. The van der Waals surface area contributed by atoms with Crippen molar-refractivity contribution in [2.24, 2.45) is 0 Å². The number of carbonyl (C=O) groups is 2. The summed E-state index contributed by atoms with van der Waals surface area (Å²) in [5.41, 5.74) is -0.505. The zero-order valence-corrected chi connectivity index (χ0v) is 10.6. The van der Waals surface area contributed by atoms with Crippen LogP contribution in [0.5, 0.6) is 5.75 Å². The summed E-state index contributed by atoms with van der Waals surface area (Å²) in [6, 6.07) is 2.94. The predicted octanol–water partition coefficient (Wildman–Crippen LogP) is 0.789. The van der Waals surface area contributed by atoms with E-state index in [1.807, 2.05) is 0 Å². The van der Waals surface area contributed by atoms with E-state index in [2.05, 4.69) is 0 Å². The first-order valence-electron chi connectivity index (χ1n) is 3.31. The molecule has 71 valence electrons. The molecule has 0 spiro atoms. The Hall–Kier alpha value is -0.845. The maximum atomic E-state index is 10.4. The molecule has 0 amide bonds. The largest absolute Gasteiger partial charge is 0.508 e. The van der Waals surface area contributed by atoms with Gasteiger partial charge in [-0.15, -0.1) is 0 Å². The Balaban J connectivity index is 0.00000169. The topological polar surface area (TPSA) is 94.8 Å². The van der Waals surface area contributed by atoms with E-state index in [0.717, 1.165) is 18.2 Å². The molecule has 0 unspecified atom stereocenters. The Morgan fingerprint density at radius 1 is 0.929 bits per heavy atom. The number of benzene rings is 1. The summed E-state index contributed by atoms with van der Waals surface area (Å²) in [5, 5.41) is 26.0. The van der Waals surface area contributed by atoms with Gasteiger partial charge in [-0.05, 0) is 18.2 Å². The van der Waals surface area contributed by atoms with Crippen molar-refractivity contribution in [3.05, 3.63) is 29.3 Å². The second kappa shape index (κ2) is 5.14. The fourth-order valence-electron chi connectivity index (χ4n) is 0.858. The molecule has 0 heterocycles. The molecule has 5 nitrogen and oxygen atoms in total. The van der Waals surface area contributed by atoms with Gasteiger partial charge in [-0.1, -0.05) is 0 Å². The van der Waals surface area contributed by atoms with E-state index in [9.17, 15) is 9.59 Å². The van der Waals surface area contributed by atoms with Crippen LogP contribution in [0.25, 0.3) is 0 Å². The normalized spacial score (nSPS) is 8.86. The second-order valence-electron chi connectivity index (χ2n) is 2.38. The maximum Gasteiger partial charge on any atom is 0.335 e. The van der Waals surface area contributed by atoms with Crippen LogP contribution in [0.15, 0.2) is 18.2 Å². The first-order chi connectivity index (χ1) is 6.00. The number of rotatable bonds is 2. The number of hydrogen-bond donors (Lipinski definition) is 3. The number of phenolic OH excluding ortho intramolecular Hbond substituents is 1. The molecule has 1 aromatic carbocycles. The van der Waals surface area contributed by atoms with Crippen LogP contribution in [-0.4, -0.2) is 27.3 Å². The summed E-state index contributed by atoms with van der Waals surface area (Å²) >= 11 is 0. The van der Waals surface area contributed by atoms with Crippen molar-refractivity contribution in [1.82, 2.24) is 0 Å². The van der Waals surface area contributed by atoms with Gasteiger partial charge in [0.2, 0.25) is 0 Å². The van der Waals surface area contributed by atoms with Crippen LogP contribution >= 0.6 is 0 Å².